The van der Waals surface area contributed by atoms with Crippen LogP contribution in [-0.4, -0.2) is 44.3 Å². The molecule has 1 aromatic heterocycles. The number of nitrogens with zero attached hydrogens (tertiary/aromatic N) is 3. The van der Waals surface area contributed by atoms with Crippen LogP contribution in [0.3, 0.4) is 0 Å². The van der Waals surface area contributed by atoms with E-state index in [0.717, 1.165) is 18.9 Å². The molecule has 2 fully saturated rings. The summed E-state index contributed by atoms with van der Waals surface area (Å²) >= 11 is 1.23. The highest BCUT2D eigenvalue weighted by Gasteiger charge is 2.42. The zero-order chi connectivity index (χ0) is 13.4. The Balaban J connectivity index is 1.82. The number of rotatable bonds is 5. The summed E-state index contributed by atoms with van der Waals surface area (Å²) in [5, 5.41) is 17.7. The van der Waals surface area contributed by atoms with Gasteiger partial charge in [-0.25, -0.2) is 0 Å². The molecule has 0 bridgehead atoms. The van der Waals surface area contributed by atoms with Gasteiger partial charge in [-0.2, -0.15) is 0 Å². The smallest absolute Gasteiger partial charge is 0.313 e. The molecule has 1 saturated carbocycles. The van der Waals surface area contributed by atoms with E-state index in [9.17, 15) is 4.79 Å². The molecule has 1 aromatic rings. The lowest BCUT2D eigenvalue weighted by atomic mass is 10.1. The van der Waals surface area contributed by atoms with E-state index in [1.54, 1.807) is 0 Å². The second-order valence-electron chi connectivity index (χ2n) is 5.11. The SMILES string of the molecule is Cc1nnc(SCC(=O)O)n1C1CCOC1C1CC1. The number of aryl methyl sites for hydroxylation is 1. The van der Waals surface area contributed by atoms with Crippen molar-refractivity contribution in [3.05, 3.63) is 5.82 Å². The van der Waals surface area contributed by atoms with Crippen LogP contribution in [0, 0.1) is 12.8 Å². The first-order valence-corrected chi connectivity index (χ1v) is 7.53. The molecule has 104 valence electrons. The maximum Gasteiger partial charge on any atom is 0.313 e. The minimum absolute atomic E-state index is 0.0137. The minimum Gasteiger partial charge on any atom is -0.481 e. The molecule has 0 spiro atoms. The number of aromatic nitrogens is 3. The van der Waals surface area contributed by atoms with Crippen LogP contribution in [-0.2, 0) is 9.53 Å². The molecule has 0 amide bonds. The fourth-order valence-corrected chi connectivity index (χ4v) is 3.47. The highest BCUT2D eigenvalue weighted by molar-refractivity contribution is 7.99. The standard InChI is InChI=1S/C12H17N3O3S/c1-7-13-14-12(19-6-10(16)17)15(7)9-4-5-18-11(9)8-2-3-8/h8-9,11H,2-6H2,1H3,(H,16,17). The zero-order valence-corrected chi connectivity index (χ0v) is 11.6. The third-order valence-corrected chi connectivity index (χ3v) is 4.61. The molecule has 2 unspecified atom stereocenters. The van der Waals surface area contributed by atoms with Gasteiger partial charge in [0, 0.05) is 6.61 Å². The van der Waals surface area contributed by atoms with E-state index in [-0.39, 0.29) is 17.9 Å². The van der Waals surface area contributed by atoms with Crippen LogP contribution in [0.1, 0.15) is 31.1 Å². The van der Waals surface area contributed by atoms with Crippen LogP contribution in [0.25, 0.3) is 0 Å². The molecule has 7 heteroatoms. The molecular formula is C12H17N3O3S. The minimum atomic E-state index is -0.835. The molecule has 2 heterocycles. The second-order valence-corrected chi connectivity index (χ2v) is 6.05. The van der Waals surface area contributed by atoms with E-state index in [4.69, 9.17) is 9.84 Å². The topological polar surface area (TPSA) is 77.2 Å². The quantitative estimate of drug-likeness (QED) is 0.825. The van der Waals surface area contributed by atoms with Gasteiger partial charge in [-0.05, 0) is 32.1 Å². The van der Waals surface area contributed by atoms with Gasteiger partial charge in [-0.3, -0.25) is 4.79 Å². The van der Waals surface area contributed by atoms with Crippen molar-refractivity contribution in [1.82, 2.24) is 14.8 Å². The van der Waals surface area contributed by atoms with Gasteiger partial charge in [0.2, 0.25) is 0 Å². The summed E-state index contributed by atoms with van der Waals surface area (Å²) in [6.07, 6.45) is 3.68. The third kappa shape index (κ3) is 2.62. The molecule has 1 N–H and O–H groups in total. The van der Waals surface area contributed by atoms with E-state index in [1.807, 2.05) is 6.92 Å². The number of carbonyl (C=O) groups is 1. The first kappa shape index (κ1) is 12.9. The number of thioether (sulfide) groups is 1. The third-order valence-electron chi connectivity index (χ3n) is 3.68. The van der Waals surface area contributed by atoms with Gasteiger partial charge < -0.3 is 14.4 Å². The fourth-order valence-electron chi connectivity index (χ4n) is 2.71. The number of aliphatic carboxylic acids is 1. The molecule has 2 atom stereocenters. The molecule has 1 aliphatic heterocycles. The van der Waals surface area contributed by atoms with Crippen LogP contribution in [0.4, 0.5) is 0 Å². The highest BCUT2D eigenvalue weighted by Crippen LogP contribution is 2.44. The predicted molar refractivity (Wildman–Crippen MR) is 69.2 cm³/mol. The number of hydrogen-bond donors (Lipinski definition) is 1. The van der Waals surface area contributed by atoms with Crippen LogP contribution >= 0.6 is 11.8 Å². The molecule has 19 heavy (non-hydrogen) atoms. The Bertz CT molecular complexity index is 487. The Morgan fingerprint density at radius 2 is 2.26 bits per heavy atom. The second kappa shape index (κ2) is 5.13. The Kier molecular flexibility index (Phi) is 3.49. The number of hydrogen-bond acceptors (Lipinski definition) is 5. The van der Waals surface area contributed by atoms with Crippen LogP contribution in [0.5, 0.6) is 0 Å². The van der Waals surface area contributed by atoms with Crippen LogP contribution in [0.15, 0.2) is 5.16 Å². The first-order chi connectivity index (χ1) is 9.16. The van der Waals surface area contributed by atoms with Gasteiger partial charge in [-0.1, -0.05) is 11.8 Å². The predicted octanol–water partition coefficient (Wildman–Crippen LogP) is 1.50. The maximum atomic E-state index is 10.7. The summed E-state index contributed by atoms with van der Waals surface area (Å²) in [6.45, 7) is 2.69. The van der Waals surface area contributed by atoms with Gasteiger partial charge in [0.05, 0.1) is 17.9 Å². The van der Waals surface area contributed by atoms with Crippen molar-refractivity contribution in [1.29, 1.82) is 0 Å². The van der Waals surface area contributed by atoms with Crippen molar-refractivity contribution < 1.29 is 14.6 Å². The zero-order valence-electron chi connectivity index (χ0n) is 10.8. The van der Waals surface area contributed by atoms with Gasteiger partial charge in [0.15, 0.2) is 5.16 Å². The van der Waals surface area contributed by atoms with Gasteiger partial charge >= 0.3 is 5.97 Å². The van der Waals surface area contributed by atoms with E-state index in [0.29, 0.717) is 11.1 Å². The lowest BCUT2D eigenvalue weighted by Gasteiger charge is -2.21. The van der Waals surface area contributed by atoms with Gasteiger partial charge in [0.25, 0.3) is 0 Å². The normalized spacial score (nSPS) is 26.8. The van der Waals surface area contributed by atoms with Gasteiger partial charge in [0.1, 0.15) is 5.82 Å². The number of carboxylic acid groups (broad SMARTS) is 1. The summed E-state index contributed by atoms with van der Waals surface area (Å²) in [4.78, 5) is 10.7. The van der Waals surface area contributed by atoms with Crippen LogP contribution in [0.2, 0.25) is 0 Å². The molecule has 0 aromatic carbocycles. The Labute approximate surface area is 115 Å². The van der Waals surface area contributed by atoms with Crippen molar-refractivity contribution in [2.24, 2.45) is 5.92 Å². The molecule has 3 rings (SSSR count). The number of ether oxygens (including phenoxy) is 1. The molecule has 0 radical (unpaired) electrons. The summed E-state index contributed by atoms with van der Waals surface area (Å²) < 4.78 is 7.92. The lowest BCUT2D eigenvalue weighted by molar-refractivity contribution is -0.133. The summed E-state index contributed by atoms with van der Waals surface area (Å²) in [7, 11) is 0. The van der Waals surface area contributed by atoms with E-state index < -0.39 is 5.97 Å². The summed E-state index contributed by atoms with van der Waals surface area (Å²) in [5.41, 5.74) is 0. The first-order valence-electron chi connectivity index (χ1n) is 6.54. The van der Waals surface area contributed by atoms with Gasteiger partial charge in [-0.15, -0.1) is 10.2 Å². The summed E-state index contributed by atoms with van der Waals surface area (Å²) in [5.74, 6) is 0.680. The van der Waals surface area contributed by atoms with Crippen molar-refractivity contribution >= 4 is 17.7 Å². The molecule has 1 saturated heterocycles. The largest absolute Gasteiger partial charge is 0.481 e. The molecular weight excluding hydrogens is 266 g/mol. The molecule has 2 aliphatic rings. The monoisotopic (exact) mass is 283 g/mol. The highest BCUT2D eigenvalue weighted by atomic mass is 32.2. The van der Waals surface area contributed by atoms with Crippen molar-refractivity contribution in [2.45, 2.75) is 43.5 Å². The van der Waals surface area contributed by atoms with Crippen molar-refractivity contribution in [3.63, 3.8) is 0 Å². The van der Waals surface area contributed by atoms with E-state index >= 15 is 0 Å². The average Bonchev–Trinajstić information content (AvgIpc) is 2.99. The lowest BCUT2D eigenvalue weighted by Crippen LogP contribution is -2.23. The van der Waals surface area contributed by atoms with E-state index in [2.05, 4.69) is 14.8 Å². The average molecular weight is 283 g/mol. The van der Waals surface area contributed by atoms with E-state index in [1.165, 1.54) is 24.6 Å². The molecule has 1 aliphatic carbocycles. The maximum absolute atomic E-state index is 10.7. The van der Waals surface area contributed by atoms with Crippen molar-refractivity contribution in [3.8, 4) is 0 Å². The van der Waals surface area contributed by atoms with Crippen molar-refractivity contribution in [2.75, 3.05) is 12.4 Å². The molecule has 6 nitrogen and oxygen atoms in total. The Morgan fingerprint density at radius 3 is 2.95 bits per heavy atom. The van der Waals surface area contributed by atoms with Crippen LogP contribution < -0.4 is 0 Å². The number of carboxylic acids is 1. The Hall–Kier alpha value is -1.08. The Morgan fingerprint density at radius 1 is 1.47 bits per heavy atom. The fraction of sp³-hybridized carbons (Fsp3) is 0.750. The summed E-state index contributed by atoms with van der Waals surface area (Å²) in [6, 6.07) is 0.263.